The van der Waals surface area contributed by atoms with Gasteiger partial charge in [0.2, 0.25) is 0 Å². The lowest BCUT2D eigenvalue weighted by atomic mass is 10.2. The van der Waals surface area contributed by atoms with Gasteiger partial charge in [-0.15, -0.1) is 11.3 Å². The van der Waals surface area contributed by atoms with Gasteiger partial charge in [-0.1, -0.05) is 22.0 Å². The molecule has 0 saturated heterocycles. The molecule has 4 nitrogen and oxygen atoms in total. The molecule has 5 rings (SSSR count). The van der Waals surface area contributed by atoms with Gasteiger partial charge in [0.05, 0.1) is 10.2 Å². The Bertz CT molecular complexity index is 1370. The third-order valence-electron chi connectivity index (χ3n) is 4.64. The monoisotopic (exact) mass is 462 g/mol. The number of aromatic nitrogens is 1. The van der Waals surface area contributed by atoms with Crippen molar-refractivity contribution in [2.45, 2.75) is 6.92 Å². The number of hydrogen-bond acceptors (Lipinski definition) is 4. The second kappa shape index (κ2) is 7.13. The minimum atomic E-state index is -0.277. The Morgan fingerprint density at radius 1 is 1.03 bits per heavy atom. The summed E-state index contributed by atoms with van der Waals surface area (Å²) in [4.78, 5) is 17.3. The molecule has 5 aromatic rings. The van der Waals surface area contributed by atoms with E-state index in [1.165, 1.54) is 10.3 Å². The van der Waals surface area contributed by atoms with Crippen LogP contribution in [0.15, 0.2) is 75.6 Å². The second-order valence-corrected chi connectivity index (χ2v) is 8.76. The van der Waals surface area contributed by atoms with Crippen molar-refractivity contribution in [3.63, 3.8) is 0 Å². The van der Waals surface area contributed by atoms with Gasteiger partial charge in [0.25, 0.3) is 5.91 Å². The van der Waals surface area contributed by atoms with Gasteiger partial charge in [-0.2, -0.15) is 0 Å². The Morgan fingerprint density at radius 2 is 1.86 bits per heavy atom. The fourth-order valence-corrected chi connectivity index (χ4v) is 4.62. The molecule has 0 saturated carbocycles. The maximum absolute atomic E-state index is 12.5. The molecule has 1 amide bonds. The van der Waals surface area contributed by atoms with Crippen LogP contribution >= 0.6 is 27.3 Å². The first-order valence-corrected chi connectivity index (χ1v) is 10.6. The van der Waals surface area contributed by atoms with Gasteiger partial charge in [0.1, 0.15) is 10.6 Å². The summed E-state index contributed by atoms with van der Waals surface area (Å²) < 4.78 is 7.77. The molecule has 6 heteroatoms. The molecular formula is C23H15BrN2O2S. The molecule has 3 aromatic carbocycles. The summed E-state index contributed by atoms with van der Waals surface area (Å²) in [5.41, 5.74) is 4.64. The highest BCUT2D eigenvalue weighted by molar-refractivity contribution is 9.10. The highest BCUT2D eigenvalue weighted by atomic mass is 79.9. The van der Waals surface area contributed by atoms with E-state index in [1.807, 2.05) is 48.5 Å². The Kier molecular flexibility index (Phi) is 4.45. The summed E-state index contributed by atoms with van der Waals surface area (Å²) in [5, 5.41) is 4.73. The third kappa shape index (κ3) is 3.57. The van der Waals surface area contributed by atoms with Crippen molar-refractivity contribution in [3.05, 3.63) is 82.5 Å². The van der Waals surface area contributed by atoms with E-state index in [9.17, 15) is 4.79 Å². The predicted molar refractivity (Wildman–Crippen MR) is 122 cm³/mol. The molecule has 29 heavy (non-hydrogen) atoms. The molecule has 0 spiro atoms. The van der Waals surface area contributed by atoms with Crippen LogP contribution in [0.25, 0.3) is 31.8 Å². The van der Waals surface area contributed by atoms with Crippen molar-refractivity contribution < 1.29 is 9.21 Å². The summed E-state index contributed by atoms with van der Waals surface area (Å²) >= 11 is 5.09. The number of fused-ring (bicyclic) bond motifs is 2. The summed E-state index contributed by atoms with van der Waals surface area (Å²) in [6.45, 7) is 2.08. The smallest absolute Gasteiger partial charge is 0.291 e. The number of carbonyl (C=O) groups is 1. The van der Waals surface area contributed by atoms with E-state index >= 15 is 0 Å². The molecule has 0 aliphatic heterocycles. The Hall–Kier alpha value is -2.96. The zero-order chi connectivity index (χ0) is 20.0. The van der Waals surface area contributed by atoms with E-state index in [2.05, 4.69) is 40.3 Å². The number of benzene rings is 3. The van der Waals surface area contributed by atoms with E-state index in [4.69, 9.17) is 9.40 Å². The van der Waals surface area contributed by atoms with Crippen LogP contribution in [0.4, 0.5) is 5.69 Å². The van der Waals surface area contributed by atoms with Gasteiger partial charge < -0.3 is 9.73 Å². The number of anilines is 1. The van der Waals surface area contributed by atoms with Gasteiger partial charge in [-0.05, 0) is 73.2 Å². The standard InChI is InChI=1S/C23H15BrN2O2S/c1-13-2-8-18-21(10-13)29-23(26-18)14-3-6-17(7-4-14)25-22(27)20-12-15-11-16(24)5-9-19(15)28-20/h2-12H,1H3,(H,25,27). The van der Waals surface area contributed by atoms with E-state index in [0.717, 1.165) is 25.9 Å². The molecule has 0 aliphatic rings. The summed E-state index contributed by atoms with van der Waals surface area (Å²) in [7, 11) is 0. The number of aryl methyl sites for hydroxylation is 1. The van der Waals surface area contributed by atoms with Gasteiger partial charge >= 0.3 is 0 Å². The van der Waals surface area contributed by atoms with Crippen molar-refractivity contribution in [2.24, 2.45) is 0 Å². The van der Waals surface area contributed by atoms with E-state index in [-0.39, 0.29) is 11.7 Å². The first-order chi connectivity index (χ1) is 14.0. The van der Waals surface area contributed by atoms with E-state index in [0.29, 0.717) is 11.3 Å². The normalized spacial score (nSPS) is 11.2. The van der Waals surface area contributed by atoms with Crippen LogP contribution in [0.5, 0.6) is 0 Å². The molecule has 142 valence electrons. The number of nitrogens with zero attached hydrogens (tertiary/aromatic N) is 1. The summed E-state index contributed by atoms with van der Waals surface area (Å²) in [6, 6.07) is 21.3. The predicted octanol–water partition coefficient (Wildman–Crippen LogP) is 7.03. The molecular weight excluding hydrogens is 448 g/mol. The lowest BCUT2D eigenvalue weighted by molar-refractivity contribution is 0.0998. The van der Waals surface area contributed by atoms with Crippen LogP contribution in [0.2, 0.25) is 0 Å². The molecule has 1 N–H and O–H groups in total. The largest absolute Gasteiger partial charge is 0.451 e. The average Bonchev–Trinajstić information content (AvgIpc) is 3.31. The molecule has 0 fully saturated rings. The highest BCUT2D eigenvalue weighted by Crippen LogP contribution is 2.31. The lowest BCUT2D eigenvalue weighted by Gasteiger charge is -2.04. The van der Waals surface area contributed by atoms with E-state index < -0.39 is 0 Å². The number of thiazole rings is 1. The van der Waals surface area contributed by atoms with Crippen molar-refractivity contribution in [1.29, 1.82) is 0 Å². The molecule has 2 heterocycles. The van der Waals surface area contributed by atoms with Crippen LogP contribution in [-0.4, -0.2) is 10.9 Å². The minimum absolute atomic E-state index is 0.277. The average molecular weight is 463 g/mol. The Morgan fingerprint density at radius 3 is 2.69 bits per heavy atom. The van der Waals surface area contributed by atoms with Gasteiger partial charge in [0, 0.05) is 21.1 Å². The van der Waals surface area contributed by atoms with Crippen molar-refractivity contribution in [2.75, 3.05) is 5.32 Å². The Labute approximate surface area is 179 Å². The summed E-state index contributed by atoms with van der Waals surface area (Å²) in [5.74, 6) is 0.00394. The molecule has 0 atom stereocenters. The first-order valence-electron chi connectivity index (χ1n) is 9.03. The number of carbonyl (C=O) groups excluding carboxylic acids is 1. The molecule has 0 aliphatic carbocycles. The van der Waals surface area contributed by atoms with Crippen LogP contribution < -0.4 is 5.32 Å². The fraction of sp³-hybridized carbons (Fsp3) is 0.0435. The number of furan rings is 1. The van der Waals surface area contributed by atoms with Gasteiger partial charge in [-0.3, -0.25) is 4.79 Å². The Balaban J connectivity index is 1.36. The zero-order valence-corrected chi connectivity index (χ0v) is 17.8. The molecule has 0 unspecified atom stereocenters. The molecule has 0 radical (unpaired) electrons. The number of nitrogens with one attached hydrogen (secondary N) is 1. The van der Waals surface area contributed by atoms with E-state index in [1.54, 1.807) is 17.4 Å². The first kappa shape index (κ1) is 18.1. The van der Waals surface area contributed by atoms with Crippen LogP contribution in [-0.2, 0) is 0 Å². The highest BCUT2D eigenvalue weighted by Gasteiger charge is 2.13. The number of rotatable bonds is 3. The maximum Gasteiger partial charge on any atom is 0.291 e. The van der Waals surface area contributed by atoms with Crippen LogP contribution in [0, 0.1) is 6.92 Å². The number of halogens is 1. The van der Waals surface area contributed by atoms with Crippen LogP contribution in [0.1, 0.15) is 16.1 Å². The third-order valence-corrected chi connectivity index (χ3v) is 6.20. The minimum Gasteiger partial charge on any atom is -0.451 e. The molecule has 0 bridgehead atoms. The van der Waals surface area contributed by atoms with Crippen molar-refractivity contribution >= 4 is 60.0 Å². The zero-order valence-electron chi connectivity index (χ0n) is 15.4. The quantitative estimate of drug-likeness (QED) is 0.313. The second-order valence-electron chi connectivity index (χ2n) is 6.81. The maximum atomic E-state index is 12.5. The summed E-state index contributed by atoms with van der Waals surface area (Å²) in [6.07, 6.45) is 0. The SMILES string of the molecule is Cc1ccc2nc(-c3ccc(NC(=O)c4cc5cc(Br)ccc5o4)cc3)sc2c1. The topological polar surface area (TPSA) is 55.1 Å². The number of amides is 1. The van der Waals surface area contributed by atoms with Gasteiger partial charge in [0.15, 0.2) is 5.76 Å². The van der Waals surface area contributed by atoms with Crippen LogP contribution in [0.3, 0.4) is 0 Å². The van der Waals surface area contributed by atoms with Gasteiger partial charge in [-0.25, -0.2) is 4.98 Å². The fourth-order valence-electron chi connectivity index (χ4n) is 3.17. The number of hydrogen-bond donors (Lipinski definition) is 1. The molecule has 2 aromatic heterocycles. The lowest BCUT2D eigenvalue weighted by Crippen LogP contribution is -2.10. The van der Waals surface area contributed by atoms with Crippen molar-refractivity contribution in [3.8, 4) is 10.6 Å². The van der Waals surface area contributed by atoms with Crippen molar-refractivity contribution in [1.82, 2.24) is 4.98 Å².